The number of alkyl halides is 1. The molecule has 1 unspecified atom stereocenters. The van der Waals surface area contributed by atoms with Gasteiger partial charge in [0.1, 0.15) is 0 Å². The van der Waals surface area contributed by atoms with Gasteiger partial charge in [0.25, 0.3) is 0 Å². The molecule has 2 N–H and O–H groups in total. The first-order valence-electron chi connectivity index (χ1n) is 2.40. The summed E-state index contributed by atoms with van der Waals surface area (Å²) in [5.74, 6) is 0. The molecule has 0 fully saturated rings. The second-order valence-electron chi connectivity index (χ2n) is 1.44. The van der Waals surface area contributed by atoms with Gasteiger partial charge in [0.05, 0.1) is 0 Å². The summed E-state index contributed by atoms with van der Waals surface area (Å²) in [7, 11) is 0. The molecule has 0 aliphatic carbocycles. The topological polar surface area (TPSA) is 48.6 Å². The van der Waals surface area contributed by atoms with Crippen LogP contribution < -0.4 is 0 Å². The molecule has 0 aliphatic rings. The zero-order valence-electron chi connectivity index (χ0n) is 4.86. The van der Waals surface area contributed by atoms with Crippen molar-refractivity contribution in [2.45, 2.75) is 25.9 Å². The lowest BCUT2D eigenvalue weighted by Gasteiger charge is -1.90. The summed E-state index contributed by atoms with van der Waals surface area (Å²) >= 11 is 0. The van der Waals surface area contributed by atoms with E-state index in [2.05, 4.69) is 0 Å². The van der Waals surface area contributed by atoms with Gasteiger partial charge in [-0.3, -0.25) is 0 Å². The van der Waals surface area contributed by atoms with Crippen molar-refractivity contribution in [3.8, 4) is 0 Å². The van der Waals surface area contributed by atoms with Crippen LogP contribution in [0.5, 0.6) is 0 Å². The Morgan fingerprint density at radius 2 is 2.25 bits per heavy atom. The molecule has 0 rings (SSSR count). The highest BCUT2D eigenvalue weighted by molar-refractivity contribution is 5.55. The van der Waals surface area contributed by atoms with Crippen LogP contribution in [0.15, 0.2) is 0 Å². The van der Waals surface area contributed by atoms with Gasteiger partial charge in [0.15, 0.2) is 12.5 Å². The Bertz CT molecular complexity index is 56.4. The van der Waals surface area contributed by atoms with Crippen molar-refractivity contribution >= 4 is 6.29 Å². The molecule has 0 saturated carbocycles. The first-order chi connectivity index (χ1) is 3.31. The standard InChI is InChI=1S/C5H9FO.H2O/c1-2-3-5(6)4-7;/h4-5H,2-3H2,1H3;1H2. The van der Waals surface area contributed by atoms with Gasteiger partial charge in [-0.15, -0.1) is 0 Å². The maximum absolute atomic E-state index is 11.8. The van der Waals surface area contributed by atoms with E-state index >= 15 is 0 Å². The first-order valence-corrected chi connectivity index (χ1v) is 2.40. The molecule has 8 heavy (non-hydrogen) atoms. The Hall–Kier alpha value is -0.440. The fourth-order valence-electron chi connectivity index (χ4n) is 0.344. The minimum atomic E-state index is -1.23. The van der Waals surface area contributed by atoms with Gasteiger partial charge in [0, 0.05) is 0 Å². The highest BCUT2D eigenvalue weighted by Crippen LogP contribution is 1.95. The molecule has 0 spiro atoms. The summed E-state index contributed by atoms with van der Waals surface area (Å²) in [5, 5.41) is 0. The van der Waals surface area contributed by atoms with Crippen LogP contribution >= 0.6 is 0 Å². The SMILES string of the molecule is CCCC(F)C=O.O. The largest absolute Gasteiger partial charge is 0.412 e. The molecular formula is C5H11FO2. The molecule has 0 radical (unpaired) electrons. The van der Waals surface area contributed by atoms with Crippen LogP contribution in [-0.4, -0.2) is 17.9 Å². The molecule has 2 nitrogen and oxygen atoms in total. The summed E-state index contributed by atoms with van der Waals surface area (Å²) in [6.07, 6.45) is 0.206. The van der Waals surface area contributed by atoms with Gasteiger partial charge >= 0.3 is 0 Å². The van der Waals surface area contributed by atoms with Gasteiger partial charge in [-0.1, -0.05) is 13.3 Å². The van der Waals surface area contributed by atoms with Crippen LogP contribution in [-0.2, 0) is 4.79 Å². The third kappa shape index (κ3) is 5.56. The van der Waals surface area contributed by atoms with Crippen LogP contribution in [0.1, 0.15) is 19.8 Å². The van der Waals surface area contributed by atoms with E-state index in [0.29, 0.717) is 12.7 Å². The predicted molar refractivity (Wildman–Crippen MR) is 29.5 cm³/mol. The van der Waals surface area contributed by atoms with Gasteiger partial charge in [-0.25, -0.2) is 4.39 Å². The monoisotopic (exact) mass is 122 g/mol. The molecule has 3 heteroatoms. The Labute approximate surface area is 48.0 Å². The van der Waals surface area contributed by atoms with Gasteiger partial charge in [0.2, 0.25) is 0 Å². The molecule has 0 aromatic rings. The van der Waals surface area contributed by atoms with Crippen molar-refractivity contribution in [1.29, 1.82) is 0 Å². The quantitative estimate of drug-likeness (QED) is 0.503. The minimum absolute atomic E-state index is 0. The van der Waals surface area contributed by atoms with Crippen molar-refractivity contribution in [3.63, 3.8) is 0 Å². The summed E-state index contributed by atoms with van der Waals surface area (Å²) in [5.41, 5.74) is 0. The minimum Gasteiger partial charge on any atom is -0.412 e. The number of halogens is 1. The van der Waals surface area contributed by atoms with Crippen LogP contribution in [0.4, 0.5) is 4.39 Å². The van der Waals surface area contributed by atoms with Gasteiger partial charge < -0.3 is 10.3 Å². The van der Waals surface area contributed by atoms with E-state index in [-0.39, 0.29) is 5.48 Å². The van der Waals surface area contributed by atoms with Crippen molar-refractivity contribution in [1.82, 2.24) is 0 Å². The normalized spacial score (nSPS) is 11.8. The van der Waals surface area contributed by atoms with E-state index in [9.17, 15) is 9.18 Å². The lowest BCUT2D eigenvalue weighted by Crippen LogP contribution is -1.98. The molecule has 50 valence electrons. The molecule has 0 aromatic heterocycles. The molecule has 0 aromatic carbocycles. The van der Waals surface area contributed by atoms with E-state index < -0.39 is 6.17 Å². The van der Waals surface area contributed by atoms with Crippen LogP contribution in [0.25, 0.3) is 0 Å². The fraction of sp³-hybridized carbons (Fsp3) is 0.800. The highest BCUT2D eigenvalue weighted by atomic mass is 19.1. The van der Waals surface area contributed by atoms with Gasteiger partial charge in [-0.2, -0.15) is 0 Å². The third-order valence-electron chi connectivity index (χ3n) is 0.712. The van der Waals surface area contributed by atoms with Crippen molar-refractivity contribution in [2.75, 3.05) is 0 Å². The van der Waals surface area contributed by atoms with Crippen LogP contribution in [0.2, 0.25) is 0 Å². The zero-order valence-corrected chi connectivity index (χ0v) is 4.86. The molecule has 0 saturated heterocycles. The van der Waals surface area contributed by atoms with Gasteiger partial charge in [-0.05, 0) is 6.42 Å². The molecule has 0 aliphatic heterocycles. The molecule has 1 atom stereocenters. The maximum Gasteiger partial charge on any atom is 0.155 e. The number of carbonyl (C=O) groups excluding carboxylic acids is 1. The van der Waals surface area contributed by atoms with Crippen molar-refractivity contribution in [2.24, 2.45) is 0 Å². The summed E-state index contributed by atoms with van der Waals surface area (Å²) < 4.78 is 11.8. The summed E-state index contributed by atoms with van der Waals surface area (Å²) in [6, 6.07) is 0. The maximum atomic E-state index is 11.8. The van der Waals surface area contributed by atoms with Crippen LogP contribution in [0.3, 0.4) is 0 Å². The van der Waals surface area contributed by atoms with E-state index in [1.807, 2.05) is 6.92 Å². The lowest BCUT2D eigenvalue weighted by atomic mass is 10.2. The zero-order chi connectivity index (χ0) is 5.70. The summed E-state index contributed by atoms with van der Waals surface area (Å²) in [4.78, 5) is 9.52. The predicted octanol–water partition coefficient (Wildman–Crippen LogP) is 0.499. The van der Waals surface area contributed by atoms with E-state index in [4.69, 9.17) is 0 Å². The highest BCUT2D eigenvalue weighted by Gasteiger charge is 1.98. The second-order valence-corrected chi connectivity index (χ2v) is 1.44. The lowest BCUT2D eigenvalue weighted by molar-refractivity contribution is -0.112. The van der Waals surface area contributed by atoms with E-state index in [1.165, 1.54) is 0 Å². The second kappa shape index (κ2) is 6.56. The molecule has 0 heterocycles. The van der Waals surface area contributed by atoms with Crippen LogP contribution in [0, 0.1) is 0 Å². The molecule has 0 amide bonds. The molecule has 0 bridgehead atoms. The Morgan fingerprint density at radius 1 is 1.75 bits per heavy atom. The number of rotatable bonds is 3. The Morgan fingerprint density at radius 3 is 2.38 bits per heavy atom. The Balaban J connectivity index is 0. The first kappa shape index (κ1) is 10.5. The smallest absolute Gasteiger partial charge is 0.155 e. The number of hydrogen-bond donors (Lipinski definition) is 0. The van der Waals surface area contributed by atoms with E-state index in [0.717, 1.165) is 6.42 Å². The third-order valence-corrected chi connectivity index (χ3v) is 0.712. The Kier molecular flexibility index (Phi) is 8.63. The number of carbonyl (C=O) groups is 1. The average Bonchev–Trinajstić information content (AvgIpc) is 1.68. The summed E-state index contributed by atoms with van der Waals surface area (Å²) in [6.45, 7) is 1.84. The fourth-order valence-corrected chi connectivity index (χ4v) is 0.344. The van der Waals surface area contributed by atoms with Crippen molar-refractivity contribution in [3.05, 3.63) is 0 Å². The molecular weight excluding hydrogens is 111 g/mol. The van der Waals surface area contributed by atoms with E-state index in [1.54, 1.807) is 0 Å². The van der Waals surface area contributed by atoms with Crippen molar-refractivity contribution < 1.29 is 14.7 Å². The number of aldehydes is 1. The number of hydrogen-bond acceptors (Lipinski definition) is 1. The average molecular weight is 122 g/mol.